The molecule has 0 fully saturated rings. The summed E-state index contributed by atoms with van der Waals surface area (Å²) in [4.78, 5) is 22.3. The number of furan rings is 1. The van der Waals surface area contributed by atoms with Crippen molar-refractivity contribution >= 4 is 35.1 Å². The molecule has 2 rings (SSSR count). The molecule has 116 valence electrons. The summed E-state index contributed by atoms with van der Waals surface area (Å²) in [6.45, 7) is 0.263. The topological polar surface area (TPSA) is 79.5 Å². The van der Waals surface area contributed by atoms with E-state index in [-0.39, 0.29) is 18.7 Å². The fourth-order valence-electron chi connectivity index (χ4n) is 1.83. The van der Waals surface area contributed by atoms with Crippen molar-refractivity contribution in [2.24, 2.45) is 0 Å². The van der Waals surface area contributed by atoms with Crippen molar-refractivity contribution in [3.8, 4) is 11.3 Å². The van der Waals surface area contributed by atoms with Gasteiger partial charge >= 0.3 is 5.97 Å². The molecule has 0 bridgehead atoms. The quantitative estimate of drug-likeness (QED) is 0.782. The second-order valence-electron chi connectivity index (χ2n) is 4.52. The minimum Gasteiger partial charge on any atom is -0.481 e. The minimum atomic E-state index is -0.898. The predicted octanol–water partition coefficient (Wildman–Crippen LogP) is 3.85. The van der Waals surface area contributed by atoms with Gasteiger partial charge in [0, 0.05) is 18.5 Å². The molecule has 1 aromatic carbocycles. The first-order valence-electron chi connectivity index (χ1n) is 6.53. The third-order valence-corrected chi connectivity index (χ3v) is 3.72. The Kier molecular flexibility index (Phi) is 5.46. The van der Waals surface area contributed by atoms with Gasteiger partial charge in [-0.3, -0.25) is 9.59 Å². The molecular weight excluding hydrogens is 329 g/mol. The van der Waals surface area contributed by atoms with Crippen LogP contribution in [0.25, 0.3) is 11.3 Å². The number of nitrogens with one attached hydrogen (secondary N) is 1. The fraction of sp³-hybridized carbons (Fsp3) is 0.200. The second kappa shape index (κ2) is 7.33. The number of carbonyl (C=O) groups excluding carboxylic acids is 1. The summed E-state index contributed by atoms with van der Waals surface area (Å²) in [6.07, 6.45) is 0.358. The third-order valence-electron chi connectivity index (χ3n) is 2.90. The van der Waals surface area contributed by atoms with Crippen molar-refractivity contribution < 1.29 is 19.1 Å². The van der Waals surface area contributed by atoms with Gasteiger partial charge in [0.15, 0.2) is 5.76 Å². The molecule has 0 atom stereocenters. The van der Waals surface area contributed by atoms with E-state index in [1.165, 1.54) is 6.07 Å². The van der Waals surface area contributed by atoms with E-state index in [0.717, 1.165) is 0 Å². The summed E-state index contributed by atoms with van der Waals surface area (Å²) in [5, 5.41) is 11.9. The summed E-state index contributed by atoms with van der Waals surface area (Å²) >= 11 is 12.0. The van der Waals surface area contributed by atoms with E-state index >= 15 is 0 Å². The molecule has 1 amide bonds. The maximum Gasteiger partial charge on any atom is 0.303 e. The first kappa shape index (κ1) is 16.4. The number of carboxylic acid groups (broad SMARTS) is 1. The zero-order valence-corrected chi connectivity index (χ0v) is 12.9. The fourth-order valence-corrected chi connectivity index (χ4v) is 2.22. The van der Waals surface area contributed by atoms with Crippen LogP contribution < -0.4 is 5.32 Å². The number of halogens is 2. The lowest BCUT2D eigenvalue weighted by molar-refractivity contribution is -0.137. The first-order valence-corrected chi connectivity index (χ1v) is 7.29. The number of hydrogen-bond donors (Lipinski definition) is 2. The number of rotatable bonds is 6. The van der Waals surface area contributed by atoms with Crippen LogP contribution in [-0.4, -0.2) is 23.5 Å². The van der Waals surface area contributed by atoms with Crippen LogP contribution in [0.2, 0.25) is 10.0 Å². The van der Waals surface area contributed by atoms with Crippen molar-refractivity contribution in [2.75, 3.05) is 6.54 Å². The summed E-state index contributed by atoms with van der Waals surface area (Å²) in [6, 6.07) is 8.29. The average molecular weight is 342 g/mol. The maximum absolute atomic E-state index is 11.9. The molecule has 0 aliphatic rings. The molecule has 0 aliphatic heterocycles. The van der Waals surface area contributed by atoms with Crippen LogP contribution in [0, 0.1) is 0 Å². The van der Waals surface area contributed by atoms with Crippen molar-refractivity contribution in [3.05, 3.63) is 46.1 Å². The van der Waals surface area contributed by atoms with Crippen molar-refractivity contribution in [3.63, 3.8) is 0 Å². The normalized spacial score (nSPS) is 10.5. The van der Waals surface area contributed by atoms with E-state index in [0.29, 0.717) is 27.8 Å². The van der Waals surface area contributed by atoms with Gasteiger partial charge in [-0.05, 0) is 30.7 Å². The molecule has 22 heavy (non-hydrogen) atoms. The van der Waals surface area contributed by atoms with Gasteiger partial charge in [0.2, 0.25) is 0 Å². The standard InChI is InChI=1S/C15H13Cl2NO4/c16-10-4-1-3-9(14(10)17)11-6-7-12(22-11)15(21)18-8-2-5-13(19)20/h1,3-4,6-7H,2,5,8H2,(H,18,21)(H,19,20). The SMILES string of the molecule is O=C(O)CCCNC(=O)c1ccc(-c2cccc(Cl)c2Cl)o1. The summed E-state index contributed by atoms with van der Waals surface area (Å²) < 4.78 is 5.47. The smallest absolute Gasteiger partial charge is 0.303 e. The van der Waals surface area contributed by atoms with Gasteiger partial charge in [0.05, 0.1) is 10.0 Å². The van der Waals surface area contributed by atoms with Crippen LogP contribution in [0.15, 0.2) is 34.7 Å². The molecule has 0 aliphatic carbocycles. The predicted molar refractivity (Wildman–Crippen MR) is 83.4 cm³/mol. The van der Waals surface area contributed by atoms with Gasteiger partial charge in [-0.25, -0.2) is 0 Å². The zero-order valence-electron chi connectivity index (χ0n) is 11.4. The molecule has 2 N–H and O–H groups in total. The lowest BCUT2D eigenvalue weighted by Gasteiger charge is -2.03. The van der Waals surface area contributed by atoms with Crippen LogP contribution in [0.1, 0.15) is 23.4 Å². The molecule has 0 radical (unpaired) electrons. The molecule has 7 heteroatoms. The summed E-state index contributed by atoms with van der Waals surface area (Å²) in [5.74, 6) is -0.746. The molecule has 0 unspecified atom stereocenters. The molecule has 0 spiro atoms. The van der Waals surface area contributed by atoms with Gasteiger partial charge in [0.25, 0.3) is 5.91 Å². The largest absolute Gasteiger partial charge is 0.481 e. The molecular formula is C15H13Cl2NO4. The number of hydrogen-bond acceptors (Lipinski definition) is 3. The van der Waals surface area contributed by atoms with Gasteiger partial charge < -0.3 is 14.8 Å². The second-order valence-corrected chi connectivity index (χ2v) is 5.30. The Bertz CT molecular complexity index is 697. The molecule has 1 aromatic heterocycles. The first-order chi connectivity index (χ1) is 10.5. The van der Waals surface area contributed by atoms with Gasteiger partial charge in [-0.15, -0.1) is 0 Å². The lowest BCUT2D eigenvalue weighted by atomic mass is 10.2. The lowest BCUT2D eigenvalue weighted by Crippen LogP contribution is -2.24. The number of aliphatic carboxylic acids is 1. The van der Waals surface area contributed by atoms with Crippen LogP contribution in [-0.2, 0) is 4.79 Å². The van der Waals surface area contributed by atoms with Gasteiger partial charge in [0.1, 0.15) is 5.76 Å². The molecule has 0 saturated heterocycles. The van der Waals surface area contributed by atoms with Crippen LogP contribution >= 0.6 is 23.2 Å². The number of amides is 1. The van der Waals surface area contributed by atoms with E-state index in [9.17, 15) is 9.59 Å². The molecule has 1 heterocycles. The van der Waals surface area contributed by atoms with Crippen LogP contribution in [0.3, 0.4) is 0 Å². The van der Waals surface area contributed by atoms with Crippen molar-refractivity contribution in [2.45, 2.75) is 12.8 Å². The Balaban J connectivity index is 2.03. The number of carbonyl (C=O) groups is 2. The number of benzene rings is 1. The van der Waals surface area contributed by atoms with E-state index in [1.807, 2.05) is 0 Å². The molecule has 2 aromatic rings. The summed E-state index contributed by atoms with van der Waals surface area (Å²) in [5.41, 5.74) is 0.596. The monoisotopic (exact) mass is 341 g/mol. The minimum absolute atomic E-state index is 0.00179. The van der Waals surface area contributed by atoms with Crippen molar-refractivity contribution in [1.29, 1.82) is 0 Å². The maximum atomic E-state index is 11.9. The Labute approximate surface area is 136 Å². The zero-order chi connectivity index (χ0) is 16.1. The Morgan fingerprint density at radius 2 is 1.95 bits per heavy atom. The van der Waals surface area contributed by atoms with Crippen LogP contribution in [0.4, 0.5) is 0 Å². The average Bonchev–Trinajstić information content (AvgIpc) is 2.96. The molecule has 0 saturated carbocycles. The Morgan fingerprint density at radius 1 is 1.18 bits per heavy atom. The summed E-state index contributed by atoms with van der Waals surface area (Å²) in [7, 11) is 0. The third kappa shape index (κ3) is 4.02. The van der Waals surface area contributed by atoms with Crippen LogP contribution in [0.5, 0.6) is 0 Å². The van der Waals surface area contributed by atoms with E-state index < -0.39 is 11.9 Å². The van der Waals surface area contributed by atoms with E-state index in [1.54, 1.807) is 24.3 Å². The highest BCUT2D eigenvalue weighted by Crippen LogP contribution is 2.34. The van der Waals surface area contributed by atoms with Gasteiger partial charge in [-0.2, -0.15) is 0 Å². The highest BCUT2D eigenvalue weighted by Gasteiger charge is 2.14. The van der Waals surface area contributed by atoms with Gasteiger partial charge in [-0.1, -0.05) is 29.3 Å². The Hall–Kier alpha value is -1.98. The Morgan fingerprint density at radius 3 is 2.68 bits per heavy atom. The van der Waals surface area contributed by atoms with E-state index in [4.69, 9.17) is 32.7 Å². The highest BCUT2D eigenvalue weighted by atomic mass is 35.5. The van der Waals surface area contributed by atoms with E-state index in [2.05, 4.69) is 5.32 Å². The number of carboxylic acids is 1. The molecule has 5 nitrogen and oxygen atoms in total. The highest BCUT2D eigenvalue weighted by molar-refractivity contribution is 6.43. The van der Waals surface area contributed by atoms with Crippen molar-refractivity contribution in [1.82, 2.24) is 5.32 Å².